The summed E-state index contributed by atoms with van der Waals surface area (Å²) in [6.07, 6.45) is 0.716. The Kier molecular flexibility index (Phi) is 6.48. The van der Waals surface area contributed by atoms with E-state index in [4.69, 9.17) is 0 Å². The molecule has 2 aromatic carbocycles. The van der Waals surface area contributed by atoms with E-state index in [2.05, 4.69) is 15.4 Å². The highest BCUT2D eigenvalue weighted by molar-refractivity contribution is 7.98. The lowest BCUT2D eigenvalue weighted by Gasteiger charge is -2.17. The number of nitrogens with one attached hydrogen (secondary N) is 1. The molecule has 0 saturated carbocycles. The number of aryl methyl sites for hydroxylation is 1. The summed E-state index contributed by atoms with van der Waals surface area (Å²) in [4.78, 5) is 31.3. The zero-order valence-corrected chi connectivity index (χ0v) is 18.9. The minimum atomic E-state index is -0.210. The van der Waals surface area contributed by atoms with Crippen LogP contribution in [0.3, 0.4) is 0 Å². The van der Waals surface area contributed by atoms with Crippen molar-refractivity contribution in [1.29, 1.82) is 0 Å². The number of carbonyl (C=O) groups is 1. The van der Waals surface area contributed by atoms with Gasteiger partial charge in [0.1, 0.15) is 5.01 Å². The fraction of sp³-hybridized carbons (Fsp3) is 0.217. The van der Waals surface area contributed by atoms with Crippen molar-refractivity contribution < 1.29 is 4.79 Å². The zero-order chi connectivity index (χ0) is 21.8. The van der Waals surface area contributed by atoms with E-state index in [9.17, 15) is 9.59 Å². The largest absolute Gasteiger partial charge is 0.325 e. The molecule has 0 aliphatic heterocycles. The van der Waals surface area contributed by atoms with E-state index in [0.717, 1.165) is 21.2 Å². The molecular formula is C23H22N4O2S2. The van der Waals surface area contributed by atoms with Gasteiger partial charge in [0.05, 0.1) is 17.3 Å². The summed E-state index contributed by atoms with van der Waals surface area (Å²) in [6, 6.07) is 19.0. The van der Waals surface area contributed by atoms with Crippen LogP contribution in [0.2, 0.25) is 0 Å². The first-order chi connectivity index (χ1) is 15.0. The molecule has 0 bridgehead atoms. The fourth-order valence-electron chi connectivity index (χ4n) is 3.35. The number of para-hydroxylation sites is 1. The maximum atomic E-state index is 13.0. The number of nitrogens with zero attached hydrogens (tertiary/aromatic N) is 3. The lowest BCUT2D eigenvalue weighted by atomic mass is 9.95. The first kappa shape index (κ1) is 21.3. The summed E-state index contributed by atoms with van der Waals surface area (Å²) in [5.74, 6) is 0.281. The predicted octanol–water partition coefficient (Wildman–Crippen LogP) is 4.88. The number of aromatic nitrogens is 3. The molecule has 0 radical (unpaired) electrons. The SMILES string of the molecule is CCC(C(=O)Nc1ccccc1SCc1cc(=O)n2nc(C)sc2n1)c1ccccc1. The van der Waals surface area contributed by atoms with Gasteiger partial charge in [-0.3, -0.25) is 9.59 Å². The van der Waals surface area contributed by atoms with E-state index in [0.29, 0.717) is 22.8 Å². The van der Waals surface area contributed by atoms with Gasteiger partial charge in [0.25, 0.3) is 5.56 Å². The number of thioether (sulfide) groups is 1. The highest BCUT2D eigenvalue weighted by Gasteiger charge is 2.19. The number of anilines is 1. The van der Waals surface area contributed by atoms with Gasteiger partial charge in [-0.1, -0.05) is 60.7 Å². The molecule has 4 aromatic rings. The first-order valence-corrected chi connectivity index (χ1v) is 11.8. The molecule has 4 rings (SSSR count). The molecule has 1 N–H and O–H groups in total. The Morgan fingerprint density at radius 1 is 1.16 bits per heavy atom. The van der Waals surface area contributed by atoms with Gasteiger partial charge in [0.2, 0.25) is 10.9 Å². The van der Waals surface area contributed by atoms with Crippen LogP contribution in [0.4, 0.5) is 5.69 Å². The molecule has 0 spiro atoms. The van der Waals surface area contributed by atoms with Gasteiger partial charge in [0.15, 0.2) is 0 Å². The third kappa shape index (κ3) is 4.86. The Hall–Kier alpha value is -2.97. The number of amides is 1. The van der Waals surface area contributed by atoms with Gasteiger partial charge in [-0.2, -0.15) is 9.61 Å². The van der Waals surface area contributed by atoms with Crippen LogP contribution in [0.1, 0.15) is 35.5 Å². The summed E-state index contributed by atoms with van der Waals surface area (Å²) >= 11 is 2.93. The smallest absolute Gasteiger partial charge is 0.275 e. The van der Waals surface area contributed by atoms with Gasteiger partial charge in [-0.25, -0.2) is 4.98 Å². The molecule has 1 amide bonds. The lowest BCUT2D eigenvalue weighted by Crippen LogP contribution is -2.21. The number of fused-ring (bicyclic) bond motifs is 1. The molecule has 1 atom stereocenters. The monoisotopic (exact) mass is 450 g/mol. The summed E-state index contributed by atoms with van der Waals surface area (Å²) in [5, 5.41) is 8.06. The van der Waals surface area contributed by atoms with Crippen LogP contribution in [-0.2, 0) is 10.5 Å². The second kappa shape index (κ2) is 9.45. The molecule has 158 valence electrons. The molecule has 2 heterocycles. The molecule has 1 unspecified atom stereocenters. The van der Waals surface area contributed by atoms with Crippen molar-refractivity contribution in [2.75, 3.05) is 5.32 Å². The van der Waals surface area contributed by atoms with Crippen LogP contribution in [0, 0.1) is 6.92 Å². The summed E-state index contributed by atoms with van der Waals surface area (Å²) in [7, 11) is 0. The van der Waals surface area contributed by atoms with Crippen molar-refractivity contribution in [2.24, 2.45) is 0 Å². The van der Waals surface area contributed by atoms with E-state index < -0.39 is 0 Å². The van der Waals surface area contributed by atoms with Crippen molar-refractivity contribution in [1.82, 2.24) is 14.6 Å². The van der Waals surface area contributed by atoms with E-state index in [-0.39, 0.29) is 17.4 Å². The molecule has 0 saturated heterocycles. The van der Waals surface area contributed by atoms with Gasteiger partial charge in [-0.05, 0) is 31.0 Å². The maximum Gasteiger partial charge on any atom is 0.275 e. The van der Waals surface area contributed by atoms with Crippen LogP contribution in [0.15, 0.2) is 70.4 Å². The normalized spacial score (nSPS) is 12.1. The molecule has 31 heavy (non-hydrogen) atoms. The van der Waals surface area contributed by atoms with Gasteiger partial charge >= 0.3 is 0 Å². The zero-order valence-electron chi connectivity index (χ0n) is 17.2. The van der Waals surface area contributed by atoms with E-state index in [1.54, 1.807) is 11.8 Å². The first-order valence-electron chi connectivity index (χ1n) is 9.99. The van der Waals surface area contributed by atoms with Crippen LogP contribution in [0.5, 0.6) is 0 Å². The molecule has 0 aliphatic carbocycles. The summed E-state index contributed by atoms with van der Waals surface area (Å²) in [5.41, 5.74) is 2.28. The Morgan fingerprint density at radius 3 is 2.68 bits per heavy atom. The highest BCUT2D eigenvalue weighted by Crippen LogP contribution is 2.31. The van der Waals surface area contributed by atoms with Crippen molar-refractivity contribution in [2.45, 2.75) is 36.8 Å². The maximum absolute atomic E-state index is 13.0. The number of carbonyl (C=O) groups excluding carboxylic acids is 1. The van der Waals surface area contributed by atoms with Crippen LogP contribution in [-0.4, -0.2) is 20.5 Å². The van der Waals surface area contributed by atoms with Crippen LogP contribution >= 0.6 is 23.1 Å². The predicted molar refractivity (Wildman–Crippen MR) is 126 cm³/mol. The minimum Gasteiger partial charge on any atom is -0.325 e. The second-order valence-corrected chi connectivity index (χ2v) is 9.22. The standard InChI is InChI=1S/C23H22N4O2S2/c1-3-18(16-9-5-4-6-10-16)22(29)25-19-11-7-8-12-20(19)30-14-17-13-21(28)27-23(24-17)31-15(2)26-27/h4-13,18H,3,14H2,1-2H3,(H,25,29). The van der Waals surface area contributed by atoms with E-state index >= 15 is 0 Å². The van der Waals surface area contributed by atoms with E-state index in [1.165, 1.54) is 21.9 Å². The Bertz CT molecular complexity index is 1270. The summed E-state index contributed by atoms with van der Waals surface area (Å²) in [6.45, 7) is 3.87. The minimum absolute atomic E-state index is 0.0281. The van der Waals surface area contributed by atoms with Crippen molar-refractivity contribution in [3.8, 4) is 0 Å². The average Bonchev–Trinajstić information content (AvgIpc) is 3.15. The molecule has 6 nitrogen and oxygen atoms in total. The third-order valence-corrected chi connectivity index (χ3v) is 6.78. The van der Waals surface area contributed by atoms with Gasteiger partial charge < -0.3 is 5.32 Å². The van der Waals surface area contributed by atoms with Crippen molar-refractivity contribution >= 4 is 39.7 Å². The fourth-order valence-corrected chi connectivity index (χ4v) is 5.02. The molecule has 2 aromatic heterocycles. The van der Waals surface area contributed by atoms with Crippen molar-refractivity contribution in [3.05, 3.63) is 87.3 Å². The molecule has 0 aliphatic rings. The lowest BCUT2D eigenvalue weighted by molar-refractivity contribution is -0.117. The summed E-state index contributed by atoms with van der Waals surface area (Å²) < 4.78 is 1.33. The number of rotatable bonds is 7. The van der Waals surface area contributed by atoms with Gasteiger partial charge in [0, 0.05) is 16.7 Å². The third-order valence-electron chi connectivity index (χ3n) is 4.85. The molecule has 0 fully saturated rings. The molecular weight excluding hydrogens is 428 g/mol. The van der Waals surface area contributed by atoms with Gasteiger partial charge in [-0.15, -0.1) is 11.8 Å². The average molecular weight is 451 g/mol. The topological polar surface area (TPSA) is 76.4 Å². The van der Waals surface area contributed by atoms with Crippen LogP contribution in [0.25, 0.3) is 4.96 Å². The number of hydrogen-bond acceptors (Lipinski definition) is 6. The van der Waals surface area contributed by atoms with Crippen LogP contribution < -0.4 is 10.9 Å². The van der Waals surface area contributed by atoms with E-state index in [1.807, 2.05) is 68.4 Å². The number of benzene rings is 2. The molecule has 8 heteroatoms. The quantitative estimate of drug-likeness (QED) is 0.406. The van der Waals surface area contributed by atoms with Crippen molar-refractivity contribution in [3.63, 3.8) is 0 Å². The highest BCUT2D eigenvalue weighted by atomic mass is 32.2. The Balaban J connectivity index is 1.51. The second-order valence-electron chi connectivity index (χ2n) is 7.05. The Labute approximate surface area is 188 Å². The number of hydrogen-bond donors (Lipinski definition) is 1. The Morgan fingerprint density at radius 2 is 1.90 bits per heavy atom.